The number of allylic oxidation sites excluding steroid dienone is 1. The van der Waals surface area contributed by atoms with Crippen molar-refractivity contribution in [2.24, 2.45) is 0 Å². The number of ether oxygens (including phenoxy) is 2. The summed E-state index contributed by atoms with van der Waals surface area (Å²) in [4.78, 5) is 21.0. The number of hydrogen-bond acceptors (Lipinski definition) is 4. The molecule has 0 saturated heterocycles. The van der Waals surface area contributed by atoms with Crippen LogP contribution in [0.25, 0.3) is 6.08 Å². The highest BCUT2D eigenvalue weighted by Crippen LogP contribution is 2.07. The average Bonchev–Trinajstić information content (AvgIpc) is 2.61. The van der Waals surface area contributed by atoms with Crippen molar-refractivity contribution in [2.45, 2.75) is 59.7 Å². The van der Waals surface area contributed by atoms with Gasteiger partial charge in [-0.2, -0.15) is 0 Å². The molecular weight excluding hydrogens is 364 g/mol. The van der Waals surface area contributed by atoms with Crippen molar-refractivity contribution in [3.8, 4) is 0 Å². The zero-order chi connectivity index (χ0) is 23.5. The third-order valence-corrected chi connectivity index (χ3v) is 2.18. The number of esters is 2. The maximum absolute atomic E-state index is 10.5. The highest BCUT2D eigenvalue weighted by molar-refractivity contribution is 5.81. The predicted octanol–water partition coefficient (Wildman–Crippen LogP) is 6.55. The molecule has 1 rings (SSSR count). The Morgan fingerprint density at radius 1 is 0.759 bits per heavy atom. The van der Waals surface area contributed by atoms with Crippen molar-refractivity contribution in [1.82, 2.24) is 0 Å². The summed E-state index contributed by atoms with van der Waals surface area (Å²) < 4.78 is 9.66. The second kappa shape index (κ2) is 17.2. The van der Waals surface area contributed by atoms with Crippen LogP contribution in [-0.2, 0) is 19.1 Å². The summed E-state index contributed by atoms with van der Waals surface area (Å²) in [6.07, 6.45) is 5.90. The minimum Gasteiger partial charge on any atom is -0.457 e. The molecule has 0 aromatic heterocycles. The lowest BCUT2D eigenvalue weighted by Crippen LogP contribution is -2.22. The van der Waals surface area contributed by atoms with Crippen molar-refractivity contribution in [3.05, 3.63) is 80.4 Å². The fraction of sp³-hybridized carbons (Fsp3) is 0.360. The van der Waals surface area contributed by atoms with E-state index in [1.54, 1.807) is 6.08 Å². The third kappa shape index (κ3) is 30.1. The minimum atomic E-state index is -0.398. The van der Waals surface area contributed by atoms with Gasteiger partial charge in [0.25, 0.3) is 0 Å². The average molecular weight is 403 g/mol. The van der Waals surface area contributed by atoms with Gasteiger partial charge in [0.05, 0.1) is 0 Å². The van der Waals surface area contributed by atoms with Crippen LogP contribution in [0.5, 0.6) is 0 Å². The molecule has 0 fully saturated rings. The fourth-order valence-electron chi connectivity index (χ4n) is 1.28. The fourth-order valence-corrected chi connectivity index (χ4v) is 1.28. The molecule has 0 amide bonds. The molecule has 0 N–H and O–H groups in total. The molecule has 0 bridgehead atoms. The van der Waals surface area contributed by atoms with E-state index in [4.69, 9.17) is 9.47 Å². The number of carbonyl (C=O) groups is 2. The van der Waals surface area contributed by atoms with E-state index in [0.717, 1.165) is 12.2 Å². The van der Waals surface area contributed by atoms with Gasteiger partial charge in [0.2, 0.25) is 0 Å². The van der Waals surface area contributed by atoms with Crippen LogP contribution in [0.3, 0.4) is 0 Å². The SMILES string of the molecule is C=CC.C=CC(=O)OC(C)(C)C.C=CC(=O)OC(C)(C)C.C=Cc1ccccc1. The summed E-state index contributed by atoms with van der Waals surface area (Å²) in [5, 5.41) is 0. The van der Waals surface area contributed by atoms with Crippen LogP contribution in [0.1, 0.15) is 54.0 Å². The molecule has 29 heavy (non-hydrogen) atoms. The molecule has 0 atom stereocenters. The van der Waals surface area contributed by atoms with Crippen LogP contribution in [0.2, 0.25) is 0 Å². The second-order valence-corrected chi connectivity index (χ2v) is 7.50. The Kier molecular flexibility index (Phi) is 18.3. The standard InChI is InChI=1S/C8H8.2C7H12O2.C3H6/c1-2-8-6-4-3-5-7-8;2*1-5-6(8)9-7(2,3)4;1-3-2/h2-7H,1H2;2*5H,1H2,2-4H3;3H,1H2,2H3. The van der Waals surface area contributed by atoms with Crippen LogP contribution in [0, 0.1) is 0 Å². The molecule has 0 heterocycles. The summed E-state index contributed by atoms with van der Waals surface area (Å²) in [6, 6.07) is 10.0. The van der Waals surface area contributed by atoms with Crippen molar-refractivity contribution < 1.29 is 19.1 Å². The predicted molar refractivity (Wildman–Crippen MR) is 124 cm³/mol. The lowest BCUT2D eigenvalue weighted by atomic mass is 10.2. The Hall–Kier alpha value is -2.88. The quantitative estimate of drug-likeness (QED) is 0.327. The van der Waals surface area contributed by atoms with Gasteiger partial charge < -0.3 is 9.47 Å². The highest BCUT2D eigenvalue weighted by atomic mass is 16.6. The van der Waals surface area contributed by atoms with Gasteiger partial charge >= 0.3 is 11.9 Å². The van der Waals surface area contributed by atoms with E-state index in [1.807, 2.05) is 84.9 Å². The molecule has 0 radical (unpaired) electrons. The number of rotatable bonds is 3. The maximum atomic E-state index is 10.5. The van der Waals surface area contributed by atoms with Gasteiger partial charge in [-0.05, 0) is 54.0 Å². The first-order valence-corrected chi connectivity index (χ1v) is 9.21. The summed E-state index contributed by atoms with van der Waals surface area (Å²) >= 11 is 0. The van der Waals surface area contributed by atoms with Crippen LogP contribution < -0.4 is 0 Å². The van der Waals surface area contributed by atoms with Gasteiger partial charge in [-0.1, -0.05) is 62.2 Å². The number of carbonyl (C=O) groups excluding carboxylic acids is 2. The van der Waals surface area contributed by atoms with E-state index < -0.39 is 11.2 Å². The molecule has 1 aromatic carbocycles. The van der Waals surface area contributed by atoms with Crippen LogP contribution >= 0.6 is 0 Å². The smallest absolute Gasteiger partial charge is 0.330 e. The topological polar surface area (TPSA) is 52.6 Å². The molecule has 0 aliphatic rings. The van der Waals surface area contributed by atoms with Crippen molar-refractivity contribution in [3.63, 3.8) is 0 Å². The second-order valence-electron chi connectivity index (χ2n) is 7.50. The third-order valence-electron chi connectivity index (χ3n) is 2.18. The normalized spacial score (nSPS) is 9.34. The number of hydrogen-bond donors (Lipinski definition) is 0. The summed E-state index contributed by atoms with van der Waals surface area (Å²) in [7, 11) is 0. The Balaban J connectivity index is -0.000000327. The summed E-state index contributed by atoms with van der Waals surface area (Å²) in [5.41, 5.74) is 0.379. The lowest BCUT2D eigenvalue weighted by Gasteiger charge is -2.17. The van der Waals surface area contributed by atoms with E-state index in [2.05, 4.69) is 26.3 Å². The van der Waals surface area contributed by atoms with Gasteiger partial charge in [-0.15, -0.1) is 6.58 Å². The molecule has 4 nitrogen and oxygen atoms in total. The molecule has 0 aliphatic carbocycles. The molecule has 4 heteroatoms. The molecule has 0 aliphatic heterocycles. The minimum absolute atomic E-state index is 0.373. The Morgan fingerprint density at radius 3 is 1.21 bits per heavy atom. The molecule has 1 aromatic rings. The van der Waals surface area contributed by atoms with E-state index in [-0.39, 0.29) is 11.9 Å². The zero-order valence-corrected chi connectivity index (χ0v) is 19.2. The van der Waals surface area contributed by atoms with Gasteiger partial charge in [-0.25, -0.2) is 9.59 Å². The maximum Gasteiger partial charge on any atom is 0.330 e. The van der Waals surface area contributed by atoms with E-state index in [0.29, 0.717) is 0 Å². The molecule has 0 saturated carbocycles. The first-order valence-electron chi connectivity index (χ1n) is 9.21. The summed E-state index contributed by atoms with van der Waals surface area (Å²) in [6.45, 7) is 26.3. The molecule has 162 valence electrons. The largest absolute Gasteiger partial charge is 0.457 e. The first-order chi connectivity index (χ1) is 13.3. The Labute approximate surface area is 177 Å². The molecule has 0 unspecified atom stereocenters. The molecule has 0 spiro atoms. The van der Waals surface area contributed by atoms with Gasteiger partial charge in [-0.3, -0.25) is 0 Å². The molecular formula is C25H38O4. The van der Waals surface area contributed by atoms with E-state index in [1.165, 1.54) is 5.56 Å². The van der Waals surface area contributed by atoms with Crippen LogP contribution in [0.15, 0.2) is 74.9 Å². The van der Waals surface area contributed by atoms with Gasteiger partial charge in [0, 0.05) is 12.2 Å². The zero-order valence-electron chi connectivity index (χ0n) is 19.2. The van der Waals surface area contributed by atoms with Crippen molar-refractivity contribution >= 4 is 18.0 Å². The van der Waals surface area contributed by atoms with E-state index >= 15 is 0 Å². The van der Waals surface area contributed by atoms with Gasteiger partial charge in [0.1, 0.15) is 11.2 Å². The lowest BCUT2D eigenvalue weighted by molar-refractivity contribution is -0.149. The van der Waals surface area contributed by atoms with Crippen LogP contribution in [0.4, 0.5) is 0 Å². The number of benzene rings is 1. The Bertz CT molecular complexity index is 582. The van der Waals surface area contributed by atoms with Crippen molar-refractivity contribution in [1.29, 1.82) is 0 Å². The van der Waals surface area contributed by atoms with Crippen LogP contribution in [-0.4, -0.2) is 23.1 Å². The van der Waals surface area contributed by atoms with Gasteiger partial charge in [0.15, 0.2) is 0 Å². The first kappa shape index (κ1) is 30.8. The summed E-state index contributed by atoms with van der Waals surface area (Å²) in [5.74, 6) is -0.745. The highest BCUT2D eigenvalue weighted by Gasteiger charge is 2.13. The van der Waals surface area contributed by atoms with E-state index in [9.17, 15) is 9.59 Å². The van der Waals surface area contributed by atoms with Crippen molar-refractivity contribution in [2.75, 3.05) is 0 Å². The Morgan fingerprint density at radius 2 is 1.07 bits per heavy atom. The monoisotopic (exact) mass is 402 g/mol.